The van der Waals surface area contributed by atoms with Crippen LogP contribution >= 0.6 is 0 Å². The van der Waals surface area contributed by atoms with Crippen LogP contribution in [-0.4, -0.2) is 25.8 Å². The fraction of sp³-hybridized carbons (Fsp3) is 1.00. The monoisotopic (exact) mass is 211 g/mol. The highest BCUT2D eigenvalue weighted by Crippen LogP contribution is 2.18. The van der Waals surface area contributed by atoms with E-state index < -0.39 is 0 Å². The predicted octanol–water partition coefficient (Wildman–Crippen LogP) is 2.73. The van der Waals surface area contributed by atoms with Gasteiger partial charge in [0.2, 0.25) is 0 Å². The molecule has 0 aromatic rings. The number of rotatable bonds is 3. The van der Waals surface area contributed by atoms with Crippen LogP contribution in [0.1, 0.15) is 51.4 Å². The van der Waals surface area contributed by atoms with E-state index in [-0.39, 0.29) is 0 Å². The molecule has 2 nitrogen and oxygen atoms in total. The summed E-state index contributed by atoms with van der Waals surface area (Å²) in [5.41, 5.74) is 0. The molecule has 2 aliphatic rings. The van der Waals surface area contributed by atoms with Crippen molar-refractivity contribution in [3.8, 4) is 0 Å². The van der Waals surface area contributed by atoms with Crippen molar-refractivity contribution in [3.63, 3.8) is 0 Å². The van der Waals surface area contributed by atoms with Gasteiger partial charge < -0.3 is 10.1 Å². The summed E-state index contributed by atoms with van der Waals surface area (Å²) in [6, 6.07) is 0.800. The minimum absolute atomic E-state index is 0.780. The molecule has 0 spiro atoms. The summed E-state index contributed by atoms with van der Waals surface area (Å²) >= 11 is 0. The maximum atomic E-state index is 5.51. The zero-order chi connectivity index (χ0) is 10.3. The highest BCUT2D eigenvalue weighted by Gasteiger charge is 2.16. The predicted molar refractivity (Wildman–Crippen MR) is 63.0 cm³/mol. The number of nitrogens with one attached hydrogen (secondary N) is 1. The lowest BCUT2D eigenvalue weighted by Crippen LogP contribution is -2.35. The Bertz CT molecular complexity index is 158. The van der Waals surface area contributed by atoms with Crippen molar-refractivity contribution in [3.05, 3.63) is 0 Å². The smallest absolute Gasteiger partial charge is 0.0506 e. The molecule has 1 saturated carbocycles. The van der Waals surface area contributed by atoms with Gasteiger partial charge >= 0.3 is 0 Å². The molecule has 1 unspecified atom stereocenters. The van der Waals surface area contributed by atoms with E-state index >= 15 is 0 Å². The fourth-order valence-electron chi connectivity index (χ4n) is 2.79. The maximum Gasteiger partial charge on any atom is 0.0506 e. The molecule has 1 aliphatic carbocycles. The molecular formula is C13H25NO. The molecule has 1 N–H and O–H groups in total. The zero-order valence-electron chi connectivity index (χ0n) is 9.84. The lowest BCUT2D eigenvalue weighted by molar-refractivity contribution is 0.0536. The maximum absolute atomic E-state index is 5.51. The van der Waals surface area contributed by atoms with E-state index in [4.69, 9.17) is 4.74 Å². The minimum atomic E-state index is 0.780. The molecule has 0 amide bonds. The topological polar surface area (TPSA) is 21.3 Å². The average molecular weight is 211 g/mol. The summed E-state index contributed by atoms with van der Waals surface area (Å²) in [6.45, 7) is 3.16. The van der Waals surface area contributed by atoms with Crippen LogP contribution in [0.5, 0.6) is 0 Å². The van der Waals surface area contributed by atoms with E-state index in [1.165, 1.54) is 57.9 Å². The van der Waals surface area contributed by atoms with Gasteiger partial charge in [-0.1, -0.05) is 25.7 Å². The van der Waals surface area contributed by atoms with Gasteiger partial charge in [-0.3, -0.25) is 0 Å². The van der Waals surface area contributed by atoms with E-state index in [0.717, 1.165) is 25.2 Å². The van der Waals surface area contributed by atoms with Gasteiger partial charge in [0.1, 0.15) is 0 Å². The molecule has 15 heavy (non-hydrogen) atoms. The van der Waals surface area contributed by atoms with Crippen LogP contribution in [0.2, 0.25) is 0 Å². The third-order valence-corrected chi connectivity index (χ3v) is 3.80. The van der Waals surface area contributed by atoms with Gasteiger partial charge in [0, 0.05) is 19.2 Å². The Hall–Kier alpha value is -0.0800. The number of hydrogen-bond donors (Lipinski definition) is 1. The van der Waals surface area contributed by atoms with Gasteiger partial charge in [-0.25, -0.2) is 0 Å². The van der Waals surface area contributed by atoms with Crippen LogP contribution in [0.3, 0.4) is 0 Å². The van der Waals surface area contributed by atoms with Crippen molar-refractivity contribution in [2.24, 2.45) is 5.92 Å². The molecule has 1 atom stereocenters. The van der Waals surface area contributed by atoms with Crippen LogP contribution < -0.4 is 5.32 Å². The van der Waals surface area contributed by atoms with Crippen molar-refractivity contribution in [1.29, 1.82) is 0 Å². The second-order valence-electron chi connectivity index (χ2n) is 5.18. The molecule has 0 bridgehead atoms. The minimum Gasteiger partial charge on any atom is -0.381 e. The Morgan fingerprint density at radius 1 is 0.933 bits per heavy atom. The molecule has 88 valence electrons. The second-order valence-corrected chi connectivity index (χ2v) is 5.18. The Labute approximate surface area is 93.8 Å². The summed E-state index contributed by atoms with van der Waals surface area (Å²) in [7, 11) is 0. The van der Waals surface area contributed by atoms with Crippen LogP contribution in [0.4, 0.5) is 0 Å². The first-order valence-electron chi connectivity index (χ1n) is 6.76. The lowest BCUT2D eigenvalue weighted by atomic mass is 10.0. The summed E-state index contributed by atoms with van der Waals surface area (Å²) in [6.07, 6.45) is 11.2. The largest absolute Gasteiger partial charge is 0.381 e. The zero-order valence-corrected chi connectivity index (χ0v) is 9.84. The first kappa shape index (κ1) is 11.4. The Balaban J connectivity index is 1.62. The molecule has 1 heterocycles. The van der Waals surface area contributed by atoms with E-state index in [2.05, 4.69) is 5.32 Å². The SMILES string of the molecule is C1CCCC(NCC2CCCOC2)CC1. The first-order chi connectivity index (χ1) is 7.45. The van der Waals surface area contributed by atoms with Crippen LogP contribution in [0.25, 0.3) is 0 Å². The standard InChI is InChI=1S/C13H25NO/c1-2-4-8-13(7-3-1)14-10-12-6-5-9-15-11-12/h12-14H,1-11H2. The van der Waals surface area contributed by atoms with Gasteiger partial charge in [-0.05, 0) is 31.6 Å². The third kappa shape index (κ3) is 4.12. The van der Waals surface area contributed by atoms with Crippen molar-refractivity contribution in [2.75, 3.05) is 19.8 Å². The van der Waals surface area contributed by atoms with E-state index in [9.17, 15) is 0 Å². The summed E-state index contributed by atoms with van der Waals surface area (Å²) in [4.78, 5) is 0. The normalized spacial score (nSPS) is 30.0. The molecule has 1 saturated heterocycles. The fourth-order valence-corrected chi connectivity index (χ4v) is 2.79. The molecule has 0 aromatic carbocycles. The van der Waals surface area contributed by atoms with Crippen molar-refractivity contribution >= 4 is 0 Å². The van der Waals surface area contributed by atoms with Gasteiger partial charge in [0.05, 0.1) is 6.61 Å². The third-order valence-electron chi connectivity index (χ3n) is 3.80. The molecule has 1 aliphatic heterocycles. The molecule has 2 fully saturated rings. The first-order valence-corrected chi connectivity index (χ1v) is 6.76. The second kappa shape index (κ2) is 6.49. The molecule has 0 radical (unpaired) electrons. The summed E-state index contributed by atoms with van der Waals surface area (Å²) in [5.74, 6) is 0.780. The van der Waals surface area contributed by atoms with Crippen LogP contribution in [0, 0.1) is 5.92 Å². The molecule has 0 aromatic heterocycles. The molecule has 2 rings (SSSR count). The lowest BCUT2D eigenvalue weighted by Gasteiger charge is -2.25. The van der Waals surface area contributed by atoms with Gasteiger partial charge in [0.25, 0.3) is 0 Å². The van der Waals surface area contributed by atoms with Crippen molar-refractivity contribution < 1.29 is 4.74 Å². The van der Waals surface area contributed by atoms with Gasteiger partial charge in [0.15, 0.2) is 0 Å². The van der Waals surface area contributed by atoms with Gasteiger partial charge in [-0.15, -0.1) is 0 Å². The van der Waals surface area contributed by atoms with E-state index in [1.54, 1.807) is 0 Å². The van der Waals surface area contributed by atoms with Crippen molar-refractivity contribution in [1.82, 2.24) is 5.32 Å². The molecule has 2 heteroatoms. The summed E-state index contributed by atoms with van der Waals surface area (Å²) < 4.78 is 5.51. The average Bonchev–Trinajstić information content (AvgIpc) is 2.56. The Kier molecular flexibility index (Phi) is 4.94. The quantitative estimate of drug-likeness (QED) is 0.725. The Morgan fingerprint density at radius 3 is 2.40 bits per heavy atom. The van der Waals surface area contributed by atoms with Crippen molar-refractivity contribution in [2.45, 2.75) is 57.4 Å². The molecular weight excluding hydrogens is 186 g/mol. The summed E-state index contributed by atoms with van der Waals surface area (Å²) in [5, 5.41) is 3.75. The van der Waals surface area contributed by atoms with Crippen LogP contribution in [-0.2, 0) is 4.74 Å². The number of hydrogen-bond acceptors (Lipinski definition) is 2. The highest BCUT2D eigenvalue weighted by molar-refractivity contribution is 4.73. The van der Waals surface area contributed by atoms with E-state index in [1.807, 2.05) is 0 Å². The Morgan fingerprint density at radius 2 is 1.73 bits per heavy atom. The highest BCUT2D eigenvalue weighted by atomic mass is 16.5. The van der Waals surface area contributed by atoms with E-state index in [0.29, 0.717) is 0 Å². The van der Waals surface area contributed by atoms with Crippen LogP contribution in [0.15, 0.2) is 0 Å². The number of ether oxygens (including phenoxy) is 1. The van der Waals surface area contributed by atoms with Gasteiger partial charge in [-0.2, -0.15) is 0 Å².